The number of carbonyl (C=O) groups excluding carboxylic acids is 1. The zero-order valence-electron chi connectivity index (χ0n) is 20.4. The van der Waals surface area contributed by atoms with E-state index in [9.17, 15) is 4.79 Å². The summed E-state index contributed by atoms with van der Waals surface area (Å²) in [6.45, 7) is 10.9. The normalized spacial score (nSPS) is 27.4. The molecule has 35 heavy (non-hydrogen) atoms. The lowest BCUT2D eigenvalue weighted by molar-refractivity contribution is -0.143. The molecule has 2 atom stereocenters. The minimum absolute atomic E-state index is 0.207. The number of piperazine rings is 1. The summed E-state index contributed by atoms with van der Waals surface area (Å²) >= 11 is 12.6. The zero-order chi connectivity index (χ0) is 24.6. The number of carbonyl (C=O) groups is 1. The number of aromatic nitrogens is 2. The van der Waals surface area contributed by atoms with Crippen molar-refractivity contribution in [3.05, 3.63) is 69.5 Å². The Labute approximate surface area is 216 Å². The molecule has 1 aromatic heterocycles. The van der Waals surface area contributed by atoms with E-state index >= 15 is 0 Å². The van der Waals surface area contributed by atoms with Crippen LogP contribution in [-0.4, -0.2) is 51.9 Å². The standard InChI is InChI=1S/C28H30Cl2N4O/c1-26(2)27(3)9-10-28(26,24-23(27)31-21-15-19(29)20(30)16-22(21)32-24)25(35)34-13-11-33(12-14-34)17-18-7-5-4-6-8-18/h4-8,15-16H,9-14,17H2,1-3H3. The van der Waals surface area contributed by atoms with Crippen LogP contribution in [0.3, 0.4) is 0 Å². The van der Waals surface area contributed by atoms with Crippen molar-refractivity contribution in [3.63, 3.8) is 0 Å². The highest BCUT2D eigenvalue weighted by atomic mass is 35.5. The summed E-state index contributed by atoms with van der Waals surface area (Å²) in [4.78, 5) is 29.1. The third-order valence-corrected chi connectivity index (χ3v) is 10.1. The SMILES string of the molecule is CC12CCC(C(=O)N3CCN(Cc4ccccc4)CC3)(c3nc4cc(Cl)c(Cl)cc4nc31)C2(C)C. The lowest BCUT2D eigenvalue weighted by atomic mass is 9.63. The lowest BCUT2D eigenvalue weighted by Gasteiger charge is -2.44. The molecule has 7 heteroatoms. The van der Waals surface area contributed by atoms with Gasteiger partial charge in [-0.3, -0.25) is 9.69 Å². The number of halogens is 2. The third kappa shape index (κ3) is 3.14. The number of benzene rings is 2. The number of hydrogen-bond donors (Lipinski definition) is 0. The first kappa shape index (κ1) is 23.2. The van der Waals surface area contributed by atoms with Crippen molar-refractivity contribution in [2.75, 3.05) is 26.2 Å². The summed E-state index contributed by atoms with van der Waals surface area (Å²) in [5.41, 5.74) is 3.35. The number of fused-ring (bicyclic) bond motifs is 6. The van der Waals surface area contributed by atoms with Gasteiger partial charge in [-0.2, -0.15) is 0 Å². The summed E-state index contributed by atoms with van der Waals surface area (Å²) in [5.74, 6) is 0.207. The molecule has 2 fully saturated rings. The summed E-state index contributed by atoms with van der Waals surface area (Å²) in [6.07, 6.45) is 1.72. The predicted octanol–water partition coefficient (Wildman–Crippen LogP) is 5.61. The molecule has 1 saturated heterocycles. The van der Waals surface area contributed by atoms with Crippen LogP contribution in [0.1, 0.15) is 50.6 Å². The Hall–Kier alpha value is -2.21. The Morgan fingerprint density at radius 2 is 1.49 bits per heavy atom. The van der Waals surface area contributed by atoms with Gasteiger partial charge in [-0.1, -0.05) is 74.3 Å². The van der Waals surface area contributed by atoms with Crippen LogP contribution in [0, 0.1) is 5.41 Å². The van der Waals surface area contributed by atoms with E-state index in [2.05, 4.69) is 54.8 Å². The minimum atomic E-state index is -0.675. The van der Waals surface area contributed by atoms with Gasteiger partial charge in [0.05, 0.1) is 37.9 Å². The van der Waals surface area contributed by atoms with Gasteiger partial charge in [-0.15, -0.1) is 0 Å². The summed E-state index contributed by atoms with van der Waals surface area (Å²) in [7, 11) is 0. The summed E-state index contributed by atoms with van der Waals surface area (Å²) in [6, 6.07) is 14.1. The third-order valence-electron chi connectivity index (χ3n) is 9.35. The fourth-order valence-corrected chi connectivity index (χ4v) is 7.11. The molecule has 0 spiro atoms. The van der Waals surface area contributed by atoms with Crippen molar-refractivity contribution >= 4 is 40.1 Å². The van der Waals surface area contributed by atoms with Gasteiger partial charge in [-0.25, -0.2) is 9.97 Å². The van der Waals surface area contributed by atoms with Gasteiger partial charge in [0.2, 0.25) is 5.91 Å². The van der Waals surface area contributed by atoms with Crippen LogP contribution in [0.2, 0.25) is 10.0 Å². The lowest BCUT2D eigenvalue weighted by Crippen LogP contribution is -2.57. The van der Waals surface area contributed by atoms with E-state index in [-0.39, 0.29) is 16.7 Å². The fraction of sp³-hybridized carbons (Fsp3) is 0.464. The van der Waals surface area contributed by atoms with Crippen LogP contribution < -0.4 is 0 Å². The summed E-state index contributed by atoms with van der Waals surface area (Å²) in [5, 5.41) is 0.928. The highest BCUT2D eigenvalue weighted by Gasteiger charge is 2.73. The Balaban J connectivity index is 1.34. The van der Waals surface area contributed by atoms with Crippen molar-refractivity contribution in [2.24, 2.45) is 5.41 Å². The van der Waals surface area contributed by atoms with Crippen LogP contribution in [0.5, 0.6) is 0 Å². The molecule has 6 rings (SSSR count). The van der Waals surface area contributed by atoms with E-state index in [1.54, 1.807) is 12.1 Å². The Morgan fingerprint density at radius 1 is 0.886 bits per heavy atom. The quantitative estimate of drug-likeness (QED) is 0.461. The van der Waals surface area contributed by atoms with E-state index in [1.165, 1.54) is 5.56 Å². The molecule has 1 aliphatic heterocycles. The molecule has 2 bridgehead atoms. The van der Waals surface area contributed by atoms with Crippen molar-refractivity contribution in [2.45, 2.75) is 51.0 Å². The van der Waals surface area contributed by atoms with Gasteiger partial charge in [0.15, 0.2) is 0 Å². The molecule has 1 amide bonds. The molecule has 1 saturated carbocycles. The van der Waals surface area contributed by atoms with Gasteiger partial charge in [-0.05, 0) is 36.0 Å². The van der Waals surface area contributed by atoms with Crippen LogP contribution in [0.15, 0.2) is 42.5 Å². The second-order valence-electron chi connectivity index (χ2n) is 11.1. The van der Waals surface area contributed by atoms with Crippen LogP contribution in [-0.2, 0) is 22.2 Å². The molecule has 2 heterocycles. The Kier molecular flexibility index (Phi) is 5.23. The Bertz CT molecular complexity index is 1340. The number of amides is 1. The number of rotatable bonds is 3. The molecule has 0 N–H and O–H groups in total. The molecule has 3 aliphatic rings. The zero-order valence-corrected chi connectivity index (χ0v) is 22.0. The maximum atomic E-state index is 14.4. The molecular formula is C28H30Cl2N4O. The average molecular weight is 509 g/mol. The monoisotopic (exact) mass is 508 g/mol. The van der Waals surface area contributed by atoms with Crippen molar-refractivity contribution in [3.8, 4) is 0 Å². The second kappa shape index (κ2) is 7.89. The van der Waals surface area contributed by atoms with Gasteiger partial charge < -0.3 is 4.90 Å². The summed E-state index contributed by atoms with van der Waals surface area (Å²) < 4.78 is 0. The number of nitrogens with zero attached hydrogens (tertiary/aromatic N) is 4. The first-order valence-electron chi connectivity index (χ1n) is 12.4. The average Bonchev–Trinajstić information content (AvgIpc) is 3.14. The van der Waals surface area contributed by atoms with E-state index in [1.807, 2.05) is 6.07 Å². The van der Waals surface area contributed by atoms with Crippen molar-refractivity contribution < 1.29 is 4.79 Å². The van der Waals surface area contributed by atoms with Gasteiger partial charge in [0.1, 0.15) is 0 Å². The molecule has 2 aliphatic carbocycles. The molecule has 2 aromatic carbocycles. The predicted molar refractivity (Wildman–Crippen MR) is 140 cm³/mol. The van der Waals surface area contributed by atoms with E-state index < -0.39 is 5.41 Å². The topological polar surface area (TPSA) is 49.3 Å². The fourth-order valence-electron chi connectivity index (χ4n) is 6.79. The van der Waals surface area contributed by atoms with Gasteiger partial charge in [0, 0.05) is 38.1 Å². The molecule has 2 unspecified atom stereocenters. The Morgan fingerprint density at radius 3 is 2.11 bits per heavy atom. The smallest absolute Gasteiger partial charge is 0.235 e. The van der Waals surface area contributed by atoms with E-state index in [0.717, 1.165) is 62.5 Å². The first-order chi connectivity index (χ1) is 16.7. The molecule has 5 nitrogen and oxygen atoms in total. The maximum Gasteiger partial charge on any atom is 0.235 e. The highest BCUT2D eigenvalue weighted by molar-refractivity contribution is 6.42. The molecule has 0 radical (unpaired) electrons. The van der Waals surface area contributed by atoms with Crippen molar-refractivity contribution in [1.29, 1.82) is 0 Å². The molecule has 3 aromatic rings. The van der Waals surface area contributed by atoms with Gasteiger partial charge in [0.25, 0.3) is 0 Å². The highest BCUT2D eigenvalue weighted by Crippen LogP contribution is 2.70. The minimum Gasteiger partial charge on any atom is -0.339 e. The second-order valence-corrected chi connectivity index (χ2v) is 11.9. The van der Waals surface area contributed by atoms with Gasteiger partial charge >= 0.3 is 0 Å². The maximum absolute atomic E-state index is 14.4. The van der Waals surface area contributed by atoms with Crippen LogP contribution in [0.4, 0.5) is 0 Å². The molecular weight excluding hydrogens is 479 g/mol. The first-order valence-corrected chi connectivity index (χ1v) is 13.2. The van der Waals surface area contributed by atoms with Crippen LogP contribution >= 0.6 is 23.2 Å². The van der Waals surface area contributed by atoms with E-state index in [0.29, 0.717) is 15.6 Å². The number of hydrogen-bond acceptors (Lipinski definition) is 4. The molecule has 182 valence electrons. The van der Waals surface area contributed by atoms with Crippen LogP contribution in [0.25, 0.3) is 11.0 Å². The largest absolute Gasteiger partial charge is 0.339 e. The van der Waals surface area contributed by atoms with Crippen molar-refractivity contribution in [1.82, 2.24) is 19.8 Å². The van der Waals surface area contributed by atoms with E-state index in [4.69, 9.17) is 33.2 Å².